The van der Waals surface area contributed by atoms with Crippen LogP contribution in [-0.4, -0.2) is 50.7 Å². The highest BCUT2D eigenvalue weighted by molar-refractivity contribution is 7.89. The first kappa shape index (κ1) is 18.8. The topological polar surface area (TPSA) is 114 Å². The standard InChI is InChI=1S/C18H22N4O5S/c1-11-9-15(27-20-11)18(23)22-7-5-12(6-8-22)17-19-14-10-13(26-2)3-4-16(14)28(24,25)21-17/h3-4,9-10,12,17,19,21H,5-8H2,1-2H3/t17-/m1/s1. The lowest BCUT2D eigenvalue weighted by Gasteiger charge is -2.38. The molecule has 2 aliphatic heterocycles. The Morgan fingerprint density at radius 2 is 2.04 bits per heavy atom. The van der Waals surface area contributed by atoms with Gasteiger partial charge in [0.2, 0.25) is 15.8 Å². The largest absolute Gasteiger partial charge is 0.497 e. The number of likely N-dealkylation sites (tertiary alicyclic amines) is 1. The Morgan fingerprint density at radius 1 is 1.29 bits per heavy atom. The molecule has 0 saturated carbocycles. The average molecular weight is 406 g/mol. The van der Waals surface area contributed by atoms with Crippen molar-refractivity contribution in [2.75, 3.05) is 25.5 Å². The number of aromatic nitrogens is 1. The summed E-state index contributed by atoms with van der Waals surface area (Å²) in [5.41, 5.74) is 1.19. The Bertz CT molecular complexity index is 995. The summed E-state index contributed by atoms with van der Waals surface area (Å²) in [7, 11) is -2.07. The number of piperidine rings is 1. The normalized spacial score (nSPS) is 21.6. The Balaban J connectivity index is 1.45. The number of methoxy groups -OCH3 is 1. The molecule has 1 aromatic heterocycles. The maximum atomic E-state index is 12.6. The molecule has 1 atom stereocenters. The van der Waals surface area contributed by atoms with E-state index in [0.29, 0.717) is 43.1 Å². The van der Waals surface area contributed by atoms with Crippen LogP contribution >= 0.6 is 0 Å². The van der Waals surface area contributed by atoms with Gasteiger partial charge in [0.1, 0.15) is 10.6 Å². The van der Waals surface area contributed by atoms with Crippen molar-refractivity contribution in [3.8, 4) is 5.75 Å². The van der Waals surface area contributed by atoms with Crippen LogP contribution in [0.4, 0.5) is 5.69 Å². The lowest BCUT2D eigenvalue weighted by Crippen LogP contribution is -2.52. The predicted octanol–water partition coefficient (Wildman–Crippen LogP) is 1.57. The van der Waals surface area contributed by atoms with E-state index in [-0.39, 0.29) is 22.5 Å². The van der Waals surface area contributed by atoms with Crippen LogP contribution < -0.4 is 14.8 Å². The van der Waals surface area contributed by atoms with Gasteiger partial charge < -0.3 is 19.5 Å². The van der Waals surface area contributed by atoms with Gasteiger partial charge in [-0.1, -0.05) is 5.16 Å². The van der Waals surface area contributed by atoms with Crippen LogP contribution in [0.5, 0.6) is 5.75 Å². The molecule has 3 heterocycles. The van der Waals surface area contributed by atoms with E-state index in [1.165, 1.54) is 13.2 Å². The number of carbonyl (C=O) groups excluding carboxylic acids is 1. The summed E-state index contributed by atoms with van der Waals surface area (Å²) in [6.45, 7) is 2.81. The van der Waals surface area contributed by atoms with E-state index in [2.05, 4.69) is 15.2 Å². The second kappa shape index (κ2) is 7.10. The third-order valence-corrected chi connectivity index (χ3v) is 6.71. The molecule has 9 nitrogen and oxygen atoms in total. The van der Waals surface area contributed by atoms with Crippen LogP contribution in [0.15, 0.2) is 33.7 Å². The fourth-order valence-electron chi connectivity index (χ4n) is 3.68. The molecule has 1 aromatic carbocycles. The highest BCUT2D eigenvalue weighted by Crippen LogP contribution is 2.33. The van der Waals surface area contributed by atoms with Crippen LogP contribution in [0, 0.1) is 12.8 Å². The minimum atomic E-state index is -3.61. The first-order valence-corrected chi connectivity index (χ1v) is 10.6. The minimum absolute atomic E-state index is 0.0506. The molecule has 0 aliphatic carbocycles. The number of amides is 1. The van der Waals surface area contributed by atoms with Gasteiger partial charge in [0.05, 0.1) is 24.7 Å². The molecule has 1 amide bonds. The van der Waals surface area contributed by atoms with E-state index in [1.54, 1.807) is 30.0 Å². The van der Waals surface area contributed by atoms with Gasteiger partial charge in [-0.05, 0) is 37.8 Å². The van der Waals surface area contributed by atoms with Crippen molar-refractivity contribution < 1.29 is 22.5 Å². The lowest BCUT2D eigenvalue weighted by molar-refractivity contribution is 0.0637. The van der Waals surface area contributed by atoms with Crippen LogP contribution in [0.25, 0.3) is 0 Å². The van der Waals surface area contributed by atoms with Crippen molar-refractivity contribution in [1.82, 2.24) is 14.8 Å². The molecule has 0 bridgehead atoms. The quantitative estimate of drug-likeness (QED) is 0.795. The molecule has 0 unspecified atom stereocenters. The van der Waals surface area contributed by atoms with Crippen LogP contribution in [0.2, 0.25) is 0 Å². The van der Waals surface area contributed by atoms with Gasteiger partial charge in [0, 0.05) is 25.2 Å². The van der Waals surface area contributed by atoms with Crippen LogP contribution in [0.1, 0.15) is 29.1 Å². The molecule has 0 spiro atoms. The molecule has 28 heavy (non-hydrogen) atoms. The molecule has 2 aliphatic rings. The Labute approximate surface area is 163 Å². The van der Waals surface area contributed by atoms with Crippen LogP contribution in [0.3, 0.4) is 0 Å². The molecule has 10 heteroatoms. The van der Waals surface area contributed by atoms with Crippen molar-refractivity contribution >= 4 is 21.6 Å². The lowest BCUT2D eigenvalue weighted by atomic mass is 9.93. The summed E-state index contributed by atoms with van der Waals surface area (Å²) >= 11 is 0. The van der Waals surface area contributed by atoms with Crippen molar-refractivity contribution in [3.05, 3.63) is 35.7 Å². The summed E-state index contributed by atoms with van der Waals surface area (Å²) in [6, 6.07) is 6.46. The molecular weight excluding hydrogens is 384 g/mol. The van der Waals surface area contributed by atoms with Gasteiger partial charge in [-0.2, -0.15) is 4.72 Å². The van der Waals surface area contributed by atoms with Gasteiger partial charge in [0.25, 0.3) is 5.91 Å². The van der Waals surface area contributed by atoms with Gasteiger partial charge in [0.15, 0.2) is 0 Å². The summed E-state index contributed by atoms with van der Waals surface area (Å²) in [5, 5.41) is 7.03. The van der Waals surface area contributed by atoms with Crippen molar-refractivity contribution in [3.63, 3.8) is 0 Å². The maximum Gasteiger partial charge on any atom is 0.292 e. The van der Waals surface area contributed by atoms with Gasteiger partial charge in [-0.15, -0.1) is 0 Å². The minimum Gasteiger partial charge on any atom is -0.497 e. The maximum absolute atomic E-state index is 12.6. The number of nitrogens with zero attached hydrogens (tertiary/aromatic N) is 2. The van der Waals surface area contributed by atoms with Gasteiger partial charge >= 0.3 is 0 Å². The highest BCUT2D eigenvalue weighted by Gasteiger charge is 2.36. The third kappa shape index (κ3) is 3.45. The number of anilines is 1. The van der Waals surface area contributed by atoms with E-state index in [9.17, 15) is 13.2 Å². The average Bonchev–Trinajstić information content (AvgIpc) is 3.12. The van der Waals surface area contributed by atoms with Gasteiger partial charge in [-0.3, -0.25) is 4.79 Å². The molecule has 1 saturated heterocycles. The molecular formula is C18H22N4O5S. The van der Waals surface area contributed by atoms with E-state index < -0.39 is 16.2 Å². The summed E-state index contributed by atoms with van der Waals surface area (Å²) in [5.74, 6) is 0.680. The highest BCUT2D eigenvalue weighted by atomic mass is 32.2. The zero-order valence-corrected chi connectivity index (χ0v) is 16.5. The predicted molar refractivity (Wildman–Crippen MR) is 101 cm³/mol. The zero-order valence-electron chi connectivity index (χ0n) is 15.6. The molecule has 2 aromatic rings. The van der Waals surface area contributed by atoms with Gasteiger partial charge in [-0.25, -0.2) is 8.42 Å². The Hall–Kier alpha value is -2.59. The third-order valence-electron chi connectivity index (χ3n) is 5.21. The smallest absolute Gasteiger partial charge is 0.292 e. The fraction of sp³-hybridized carbons (Fsp3) is 0.444. The number of aryl methyl sites for hydroxylation is 1. The fourth-order valence-corrected chi connectivity index (χ4v) is 5.05. The number of nitrogens with one attached hydrogen (secondary N) is 2. The second-order valence-electron chi connectivity index (χ2n) is 7.07. The van der Waals surface area contributed by atoms with Crippen molar-refractivity contribution in [1.29, 1.82) is 0 Å². The number of rotatable bonds is 3. The number of sulfonamides is 1. The Morgan fingerprint density at radius 3 is 2.68 bits per heavy atom. The second-order valence-corrected chi connectivity index (χ2v) is 8.75. The number of hydrogen-bond donors (Lipinski definition) is 2. The molecule has 4 rings (SSSR count). The number of fused-ring (bicyclic) bond motifs is 1. The number of carbonyl (C=O) groups is 1. The molecule has 2 N–H and O–H groups in total. The van der Waals surface area contributed by atoms with E-state index in [0.717, 1.165) is 0 Å². The number of benzene rings is 1. The molecule has 0 radical (unpaired) electrons. The van der Waals surface area contributed by atoms with Crippen LogP contribution in [-0.2, 0) is 10.0 Å². The molecule has 1 fully saturated rings. The van der Waals surface area contributed by atoms with Crippen molar-refractivity contribution in [2.24, 2.45) is 5.92 Å². The first-order chi connectivity index (χ1) is 13.4. The number of hydrogen-bond acceptors (Lipinski definition) is 7. The summed E-state index contributed by atoms with van der Waals surface area (Å²) in [4.78, 5) is 14.4. The first-order valence-electron chi connectivity index (χ1n) is 9.07. The zero-order chi connectivity index (χ0) is 19.9. The van der Waals surface area contributed by atoms with E-state index >= 15 is 0 Å². The monoisotopic (exact) mass is 406 g/mol. The van der Waals surface area contributed by atoms with E-state index in [4.69, 9.17) is 9.26 Å². The number of ether oxygens (including phenoxy) is 1. The Kier molecular flexibility index (Phi) is 4.76. The van der Waals surface area contributed by atoms with E-state index in [1.807, 2.05) is 0 Å². The van der Waals surface area contributed by atoms with Crippen molar-refractivity contribution in [2.45, 2.75) is 30.8 Å². The summed E-state index contributed by atoms with van der Waals surface area (Å²) < 4.78 is 38.2. The SMILES string of the molecule is COc1ccc2c(c1)N[C@@H](C1CCN(C(=O)c3cc(C)no3)CC1)NS2(=O)=O. The summed E-state index contributed by atoms with van der Waals surface area (Å²) in [6.07, 6.45) is 0.894. The molecule has 150 valence electrons.